The lowest BCUT2D eigenvalue weighted by Gasteiger charge is -1.98. The first-order valence-electron chi connectivity index (χ1n) is 3.64. The smallest absolute Gasteiger partial charge is 0.110 e. The monoisotopic (exact) mass is 213 g/mol. The molecule has 1 rings (SSSR count). The Morgan fingerprint density at radius 2 is 1.73 bits per heavy atom. The molecular formula is C9H12BrN. The van der Waals surface area contributed by atoms with Crippen molar-refractivity contribution in [2.24, 2.45) is 4.99 Å². The van der Waals surface area contributed by atoms with Gasteiger partial charge in [-0.05, 0) is 54.8 Å². The standard InChI is InChI=1S/C9H12BrN/c1-5(2)8-6(3)7(4)9(10)11-8/h1-4H3. The molecule has 0 unspecified atom stereocenters. The van der Waals surface area contributed by atoms with E-state index in [9.17, 15) is 0 Å². The van der Waals surface area contributed by atoms with Crippen LogP contribution < -0.4 is 0 Å². The van der Waals surface area contributed by atoms with Crippen molar-refractivity contribution in [1.29, 1.82) is 0 Å². The lowest BCUT2D eigenvalue weighted by Crippen LogP contribution is -1.83. The van der Waals surface area contributed by atoms with E-state index in [0.29, 0.717) is 0 Å². The van der Waals surface area contributed by atoms with Crippen molar-refractivity contribution in [3.8, 4) is 0 Å². The van der Waals surface area contributed by atoms with Crippen LogP contribution in [0, 0.1) is 0 Å². The van der Waals surface area contributed by atoms with Crippen LogP contribution in [0.4, 0.5) is 0 Å². The molecule has 60 valence electrons. The molecule has 0 aromatic rings. The molecule has 0 radical (unpaired) electrons. The number of aliphatic imine (C=N–C) groups is 1. The largest absolute Gasteiger partial charge is 0.241 e. The zero-order valence-electron chi connectivity index (χ0n) is 7.33. The van der Waals surface area contributed by atoms with Crippen LogP contribution in [-0.2, 0) is 0 Å². The highest BCUT2D eigenvalue weighted by Crippen LogP contribution is 2.28. The predicted molar refractivity (Wildman–Crippen MR) is 53.1 cm³/mol. The Balaban J connectivity index is 3.22. The number of hydrogen-bond acceptors (Lipinski definition) is 1. The summed E-state index contributed by atoms with van der Waals surface area (Å²) in [5, 5.41) is 0. The molecule has 2 heteroatoms. The van der Waals surface area contributed by atoms with Gasteiger partial charge in [0.1, 0.15) is 4.62 Å². The van der Waals surface area contributed by atoms with Gasteiger partial charge >= 0.3 is 0 Å². The summed E-state index contributed by atoms with van der Waals surface area (Å²) in [6, 6.07) is 0. The van der Waals surface area contributed by atoms with Crippen molar-refractivity contribution in [1.82, 2.24) is 0 Å². The molecule has 1 aliphatic heterocycles. The van der Waals surface area contributed by atoms with Crippen molar-refractivity contribution in [2.45, 2.75) is 27.7 Å². The average Bonchev–Trinajstić information content (AvgIpc) is 2.17. The molecule has 0 bridgehead atoms. The van der Waals surface area contributed by atoms with Crippen LogP contribution >= 0.6 is 15.9 Å². The third kappa shape index (κ3) is 1.45. The fourth-order valence-electron chi connectivity index (χ4n) is 1.08. The highest BCUT2D eigenvalue weighted by Gasteiger charge is 2.15. The van der Waals surface area contributed by atoms with E-state index in [0.717, 1.165) is 10.3 Å². The van der Waals surface area contributed by atoms with Crippen molar-refractivity contribution in [3.05, 3.63) is 22.4 Å². The molecule has 0 saturated heterocycles. The highest BCUT2D eigenvalue weighted by atomic mass is 79.9. The highest BCUT2D eigenvalue weighted by molar-refractivity contribution is 9.18. The Morgan fingerprint density at radius 3 is 1.91 bits per heavy atom. The molecule has 0 atom stereocenters. The van der Waals surface area contributed by atoms with E-state index in [1.54, 1.807) is 0 Å². The van der Waals surface area contributed by atoms with Gasteiger partial charge in [0.15, 0.2) is 0 Å². The lowest BCUT2D eigenvalue weighted by molar-refractivity contribution is 1.21. The van der Waals surface area contributed by atoms with E-state index in [1.165, 1.54) is 16.7 Å². The second kappa shape index (κ2) is 2.94. The number of allylic oxidation sites excluding steroid dienone is 3. The van der Waals surface area contributed by atoms with Gasteiger partial charge in [-0.25, -0.2) is 4.99 Å². The van der Waals surface area contributed by atoms with Crippen molar-refractivity contribution in [2.75, 3.05) is 0 Å². The fraction of sp³-hybridized carbons (Fsp3) is 0.444. The van der Waals surface area contributed by atoms with E-state index in [4.69, 9.17) is 0 Å². The maximum absolute atomic E-state index is 4.39. The van der Waals surface area contributed by atoms with Crippen LogP contribution in [0.5, 0.6) is 0 Å². The summed E-state index contributed by atoms with van der Waals surface area (Å²) in [6.07, 6.45) is 0. The van der Waals surface area contributed by atoms with E-state index >= 15 is 0 Å². The Bertz CT molecular complexity index is 278. The van der Waals surface area contributed by atoms with Crippen LogP contribution in [0.2, 0.25) is 0 Å². The summed E-state index contributed by atoms with van der Waals surface area (Å²) in [5.74, 6) is 0. The molecule has 1 heterocycles. The molecule has 0 saturated carbocycles. The van der Waals surface area contributed by atoms with Crippen LogP contribution in [-0.4, -0.2) is 4.62 Å². The third-order valence-electron chi connectivity index (χ3n) is 1.91. The molecule has 0 fully saturated rings. The van der Waals surface area contributed by atoms with Gasteiger partial charge in [-0.15, -0.1) is 0 Å². The molecular weight excluding hydrogens is 202 g/mol. The number of halogens is 1. The average molecular weight is 214 g/mol. The summed E-state index contributed by atoms with van der Waals surface area (Å²) >= 11 is 3.41. The summed E-state index contributed by atoms with van der Waals surface area (Å²) in [5.41, 5.74) is 4.95. The van der Waals surface area contributed by atoms with Gasteiger partial charge in [-0.2, -0.15) is 0 Å². The zero-order valence-corrected chi connectivity index (χ0v) is 8.91. The fourth-order valence-corrected chi connectivity index (χ4v) is 1.56. The van der Waals surface area contributed by atoms with Crippen LogP contribution in [0.15, 0.2) is 27.4 Å². The van der Waals surface area contributed by atoms with Crippen molar-refractivity contribution in [3.63, 3.8) is 0 Å². The summed E-state index contributed by atoms with van der Waals surface area (Å²) in [4.78, 5) is 4.39. The van der Waals surface area contributed by atoms with Gasteiger partial charge < -0.3 is 0 Å². The molecule has 0 aromatic heterocycles. The van der Waals surface area contributed by atoms with Crippen LogP contribution in [0.25, 0.3) is 0 Å². The van der Waals surface area contributed by atoms with Gasteiger partial charge in [0.25, 0.3) is 0 Å². The van der Waals surface area contributed by atoms with Gasteiger partial charge in [0.2, 0.25) is 0 Å². The van der Waals surface area contributed by atoms with E-state index in [2.05, 4.69) is 48.6 Å². The normalized spacial score (nSPS) is 17.5. The summed E-state index contributed by atoms with van der Waals surface area (Å²) in [6.45, 7) is 8.36. The number of rotatable bonds is 0. The van der Waals surface area contributed by atoms with Gasteiger partial charge in [0, 0.05) is 0 Å². The maximum atomic E-state index is 4.39. The first-order chi connectivity index (χ1) is 5.04. The Labute approximate surface area is 76.0 Å². The second-order valence-corrected chi connectivity index (χ2v) is 3.75. The first kappa shape index (κ1) is 8.72. The minimum Gasteiger partial charge on any atom is -0.241 e. The first-order valence-corrected chi connectivity index (χ1v) is 4.43. The predicted octanol–water partition coefficient (Wildman–Crippen LogP) is 3.42. The van der Waals surface area contributed by atoms with E-state index in [1.807, 2.05) is 0 Å². The third-order valence-corrected chi connectivity index (χ3v) is 2.68. The van der Waals surface area contributed by atoms with Crippen molar-refractivity contribution >= 4 is 20.6 Å². The second-order valence-electron chi connectivity index (χ2n) is 3.00. The summed E-state index contributed by atoms with van der Waals surface area (Å²) < 4.78 is 0.978. The van der Waals surface area contributed by atoms with Crippen LogP contribution in [0.3, 0.4) is 0 Å². The minimum atomic E-state index is 0.978. The molecule has 0 aliphatic carbocycles. The van der Waals surface area contributed by atoms with Gasteiger partial charge in [-0.3, -0.25) is 0 Å². The van der Waals surface area contributed by atoms with Gasteiger partial charge in [-0.1, -0.05) is 5.57 Å². The molecule has 0 amide bonds. The lowest BCUT2D eigenvalue weighted by atomic mass is 10.1. The molecule has 1 aliphatic rings. The number of nitrogens with zero attached hydrogens (tertiary/aromatic N) is 1. The maximum Gasteiger partial charge on any atom is 0.110 e. The summed E-state index contributed by atoms with van der Waals surface area (Å²) in [7, 11) is 0. The Kier molecular flexibility index (Phi) is 2.33. The topological polar surface area (TPSA) is 12.4 Å². The van der Waals surface area contributed by atoms with Gasteiger partial charge in [0.05, 0.1) is 5.70 Å². The Hall–Kier alpha value is -0.370. The molecule has 0 aromatic carbocycles. The van der Waals surface area contributed by atoms with Crippen molar-refractivity contribution < 1.29 is 0 Å². The SMILES string of the molecule is CC(C)=C1N=C(Br)C(C)=C1C. The quantitative estimate of drug-likeness (QED) is 0.585. The molecule has 0 spiro atoms. The number of hydrogen-bond donors (Lipinski definition) is 0. The molecule has 11 heavy (non-hydrogen) atoms. The zero-order chi connectivity index (χ0) is 8.59. The van der Waals surface area contributed by atoms with E-state index < -0.39 is 0 Å². The molecule has 1 nitrogen and oxygen atoms in total. The van der Waals surface area contributed by atoms with E-state index in [-0.39, 0.29) is 0 Å². The minimum absolute atomic E-state index is 0.978. The Morgan fingerprint density at radius 1 is 1.18 bits per heavy atom. The molecule has 0 N–H and O–H groups in total. The van der Waals surface area contributed by atoms with Crippen LogP contribution in [0.1, 0.15) is 27.7 Å².